The maximum atomic E-state index is 12.1. The van der Waals surface area contributed by atoms with Crippen LogP contribution in [0, 0.1) is 10.1 Å². The van der Waals surface area contributed by atoms with Crippen LogP contribution in [-0.4, -0.2) is 47.9 Å². The maximum Gasteiger partial charge on any atom is 0.270 e. The van der Waals surface area contributed by atoms with E-state index in [-0.39, 0.29) is 16.4 Å². The third kappa shape index (κ3) is 4.60. The second kappa shape index (κ2) is 7.20. The number of carbonyl (C=O) groups excluding carboxylic acids is 1. The van der Waals surface area contributed by atoms with Crippen molar-refractivity contribution >= 4 is 27.5 Å². The van der Waals surface area contributed by atoms with Crippen LogP contribution in [0.1, 0.15) is 10.4 Å². The molecule has 1 amide bonds. The molecular formula is C12H15BrN2O4. The number of hydrogen-bond donors (Lipinski definition) is 0. The second-order valence-corrected chi connectivity index (χ2v) is 5.34. The van der Waals surface area contributed by atoms with Gasteiger partial charge in [0.1, 0.15) is 0 Å². The lowest BCUT2D eigenvalue weighted by Gasteiger charge is -2.20. The summed E-state index contributed by atoms with van der Waals surface area (Å²) in [7, 11) is 3.22. The molecule has 0 fully saturated rings. The molecule has 7 heteroatoms. The number of alkyl halides is 1. The summed E-state index contributed by atoms with van der Waals surface area (Å²) in [5.41, 5.74) is 0.209. The van der Waals surface area contributed by atoms with Crippen LogP contribution in [-0.2, 0) is 4.74 Å². The Kier molecular flexibility index (Phi) is 5.91. The van der Waals surface area contributed by atoms with Crippen molar-refractivity contribution in [2.45, 2.75) is 4.83 Å². The van der Waals surface area contributed by atoms with Gasteiger partial charge in [-0.25, -0.2) is 0 Å². The van der Waals surface area contributed by atoms with Crippen molar-refractivity contribution in [1.29, 1.82) is 0 Å². The Labute approximate surface area is 119 Å². The van der Waals surface area contributed by atoms with Gasteiger partial charge >= 0.3 is 0 Å². The van der Waals surface area contributed by atoms with Gasteiger partial charge in [0.2, 0.25) is 0 Å². The van der Waals surface area contributed by atoms with Gasteiger partial charge in [-0.3, -0.25) is 14.9 Å². The van der Waals surface area contributed by atoms with Crippen molar-refractivity contribution in [2.24, 2.45) is 0 Å². The zero-order chi connectivity index (χ0) is 14.4. The van der Waals surface area contributed by atoms with Crippen molar-refractivity contribution in [3.8, 4) is 0 Å². The van der Waals surface area contributed by atoms with E-state index in [9.17, 15) is 14.9 Å². The van der Waals surface area contributed by atoms with Crippen LogP contribution in [0.3, 0.4) is 0 Å². The van der Waals surface area contributed by atoms with Crippen LogP contribution in [0.2, 0.25) is 0 Å². The molecule has 0 aliphatic heterocycles. The van der Waals surface area contributed by atoms with Gasteiger partial charge in [-0.1, -0.05) is 22.0 Å². The van der Waals surface area contributed by atoms with E-state index in [1.807, 2.05) is 0 Å². The number of carbonyl (C=O) groups is 1. The normalized spacial score (nSPS) is 11.9. The molecule has 0 saturated heterocycles. The Morgan fingerprint density at radius 1 is 1.58 bits per heavy atom. The molecule has 0 aliphatic carbocycles. The minimum absolute atomic E-state index is 0.0187. The van der Waals surface area contributed by atoms with Gasteiger partial charge in [0, 0.05) is 38.4 Å². The first-order valence-electron chi connectivity index (χ1n) is 5.58. The molecule has 6 nitrogen and oxygen atoms in total. The van der Waals surface area contributed by atoms with Crippen molar-refractivity contribution < 1.29 is 14.5 Å². The lowest BCUT2D eigenvalue weighted by Crippen LogP contribution is -2.33. The van der Waals surface area contributed by atoms with E-state index in [0.29, 0.717) is 18.7 Å². The number of ether oxygens (including phenoxy) is 1. The molecular weight excluding hydrogens is 316 g/mol. The Morgan fingerprint density at radius 3 is 2.84 bits per heavy atom. The Balaban J connectivity index is 2.76. The molecule has 1 unspecified atom stereocenters. The third-order valence-electron chi connectivity index (χ3n) is 2.47. The third-order valence-corrected chi connectivity index (χ3v) is 3.02. The number of nitro groups is 1. The van der Waals surface area contributed by atoms with Gasteiger partial charge in [0.05, 0.1) is 16.4 Å². The maximum absolute atomic E-state index is 12.1. The number of methoxy groups -OCH3 is 1. The van der Waals surface area contributed by atoms with E-state index in [1.165, 1.54) is 23.1 Å². The number of hydrogen-bond acceptors (Lipinski definition) is 4. The number of amides is 1. The number of nitro benzene ring substituents is 1. The number of nitrogens with zero attached hydrogens (tertiary/aromatic N) is 2. The Morgan fingerprint density at radius 2 is 2.26 bits per heavy atom. The van der Waals surface area contributed by atoms with Gasteiger partial charge in [-0.15, -0.1) is 0 Å². The molecule has 1 atom stereocenters. The minimum Gasteiger partial charge on any atom is -0.383 e. The van der Waals surface area contributed by atoms with Crippen LogP contribution in [0.25, 0.3) is 0 Å². The lowest BCUT2D eigenvalue weighted by molar-refractivity contribution is -0.384. The second-order valence-electron chi connectivity index (χ2n) is 4.05. The van der Waals surface area contributed by atoms with Crippen LogP contribution in [0.5, 0.6) is 0 Å². The Hall–Kier alpha value is -1.47. The molecule has 0 aliphatic rings. The summed E-state index contributed by atoms with van der Waals surface area (Å²) in [6.07, 6.45) is 0. The molecule has 0 spiro atoms. The molecule has 0 heterocycles. The standard InChI is InChI=1S/C12H15BrN2O4/c1-14(7-10(13)8-19-2)12(16)9-4-3-5-11(6-9)15(17)18/h3-6,10H,7-8H2,1-2H3. The molecule has 0 saturated carbocycles. The first-order chi connectivity index (χ1) is 8.95. The lowest BCUT2D eigenvalue weighted by atomic mass is 10.2. The van der Waals surface area contributed by atoms with Crippen molar-refractivity contribution in [3.05, 3.63) is 39.9 Å². The summed E-state index contributed by atoms with van der Waals surface area (Å²) < 4.78 is 4.97. The van der Waals surface area contributed by atoms with Crippen LogP contribution >= 0.6 is 15.9 Å². The number of non-ortho nitro benzene ring substituents is 1. The first-order valence-corrected chi connectivity index (χ1v) is 6.50. The highest BCUT2D eigenvalue weighted by atomic mass is 79.9. The summed E-state index contributed by atoms with van der Waals surface area (Å²) in [4.78, 5) is 23.8. The fourth-order valence-corrected chi connectivity index (χ4v) is 2.29. The number of halogens is 1. The van der Waals surface area contributed by atoms with Gasteiger partial charge in [-0.2, -0.15) is 0 Å². The van der Waals surface area contributed by atoms with Gasteiger partial charge in [0.15, 0.2) is 0 Å². The monoisotopic (exact) mass is 330 g/mol. The first kappa shape index (κ1) is 15.6. The minimum atomic E-state index is -0.519. The summed E-state index contributed by atoms with van der Waals surface area (Å²) in [5, 5.41) is 10.7. The average molecular weight is 331 g/mol. The van der Waals surface area contributed by atoms with E-state index >= 15 is 0 Å². The SMILES string of the molecule is COCC(Br)CN(C)C(=O)c1cccc([N+](=O)[O-])c1. The molecule has 104 valence electrons. The zero-order valence-electron chi connectivity index (χ0n) is 10.7. The van der Waals surface area contributed by atoms with Crippen LogP contribution in [0.4, 0.5) is 5.69 Å². The molecule has 0 aromatic heterocycles. The summed E-state index contributed by atoms with van der Waals surface area (Å²) in [6.45, 7) is 0.932. The fourth-order valence-electron chi connectivity index (χ4n) is 1.59. The summed E-state index contributed by atoms with van der Waals surface area (Å²) in [6, 6.07) is 5.69. The topological polar surface area (TPSA) is 72.7 Å². The quantitative estimate of drug-likeness (QED) is 0.454. The zero-order valence-corrected chi connectivity index (χ0v) is 12.3. The smallest absolute Gasteiger partial charge is 0.270 e. The molecule has 19 heavy (non-hydrogen) atoms. The highest BCUT2D eigenvalue weighted by Gasteiger charge is 2.17. The molecule has 1 rings (SSSR count). The predicted molar refractivity (Wildman–Crippen MR) is 74.6 cm³/mol. The number of rotatable bonds is 6. The van der Waals surface area contributed by atoms with Crippen LogP contribution in [0.15, 0.2) is 24.3 Å². The summed E-state index contributed by atoms with van der Waals surface area (Å²) >= 11 is 3.39. The fraction of sp³-hybridized carbons (Fsp3) is 0.417. The summed E-state index contributed by atoms with van der Waals surface area (Å²) in [5.74, 6) is -0.260. The molecule has 1 aromatic rings. The van der Waals surface area contributed by atoms with Gasteiger partial charge < -0.3 is 9.64 Å². The van der Waals surface area contributed by atoms with Crippen molar-refractivity contribution in [3.63, 3.8) is 0 Å². The van der Waals surface area contributed by atoms with Crippen LogP contribution < -0.4 is 0 Å². The largest absolute Gasteiger partial charge is 0.383 e. The van der Waals surface area contributed by atoms with Crippen molar-refractivity contribution in [1.82, 2.24) is 4.90 Å². The average Bonchev–Trinajstić information content (AvgIpc) is 2.38. The van der Waals surface area contributed by atoms with E-state index in [4.69, 9.17) is 4.74 Å². The van der Waals surface area contributed by atoms with E-state index in [2.05, 4.69) is 15.9 Å². The van der Waals surface area contributed by atoms with Gasteiger partial charge in [-0.05, 0) is 6.07 Å². The molecule has 1 aromatic carbocycles. The molecule has 0 bridgehead atoms. The van der Waals surface area contributed by atoms with E-state index in [1.54, 1.807) is 20.2 Å². The highest BCUT2D eigenvalue weighted by molar-refractivity contribution is 9.09. The van der Waals surface area contributed by atoms with Crippen molar-refractivity contribution in [2.75, 3.05) is 27.3 Å². The molecule has 0 radical (unpaired) electrons. The predicted octanol–water partition coefficient (Wildman–Crippen LogP) is 2.08. The van der Waals surface area contributed by atoms with E-state index in [0.717, 1.165) is 0 Å². The Bertz CT molecular complexity index is 467. The molecule has 0 N–H and O–H groups in total. The van der Waals surface area contributed by atoms with E-state index < -0.39 is 4.92 Å². The van der Waals surface area contributed by atoms with Gasteiger partial charge in [0.25, 0.3) is 11.6 Å². The number of benzene rings is 1. The highest BCUT2D eigenvalue weighted by Crippen LogP contribution is 2.15.